The zero-order chi connectivity index (χ0) is 12.2. The van der Waals surface area contributed by atoms with Gasteiger partial charge in [0.2, 0.25) is 0 Å². The van der Waals surface area contributed by atoms with Crippen molar-refractivity contribution in [1.82, 2.24) is 4.90 Å². The number of hydrogen-bond acceptors (Lipinski definition) is 2. The Morgan fingerprint density at radius 3 is 2.62 bits per heavy atom. The highest BCUT2D eigenvalue weighted by atomic mass is 35.5. The van der Waals surface area contributed by atoms with Gasteiger partial charge in [0.15, 0.2) is 5.76 Å². The molecule has 0 aliphatic carbocycles. The van der Waals surface area contributed by atoms with Crippen molar-refractivity contribution in [1.29, 1.82) is 0 Å². The predicted molar refractivity (Wildman–Crippen MR) is 51.4 cm³/mol. The standard InChI is InChI=1S/C9H9ClF3NO2/c10-3-4-14(6-9(11,12)13)8(15)7-2-1-5-16-7/h1-2,5H,3-4,6H2. The molecule has 0 atom stereocenters. The largest absolute Gasteiger partial charge is 0.459 e. The third kappa shape index (κ3) is 3.77. The summed E-state index contributed by atoms with van der Waals surface area (Å²) in [6.07, 6.45) is -3.23. The maximum absolute atomic E-state index is 12.2. The number of carbonyl (C=O) groups is 1. The molecule has 0 saturated heterocycles. The second-order valence-corrected chi connectivity index (χ2v) is 3.39. The molecule has 1 heterocycles. The minimum atomic E-state index is -4.45. The number of hydrogen-bond donors (Lipinski definition) is 0. The Balaban J connectivity index is 2.74. The van der Waals surface area contributed by atoms with Crippen LogP contribution in [0.3, 0.4) is 0 Å². The number of rotatable bonds is 4. The molecule has 0 aliphatic rings. The Morgan fingerprint density at radius 1 is 1.50 bits per heavy atom. The fourth-order valence-corrected chi connectivity index (χ4v) is 1.33. The van der Waals surface area contributed by atoms with Crippen molar-refractivity contribution >= 4 is 17.5 Å². The summed E-state index contributed by atoms with van der Waals surface area (Å²) in [4.78, 5) is 12.2. The SMILES string of the molecule is O=C(c1ccco1)N(CCCl)CC(F)(F)F. The van der Waals surface area contributed by atoms with Crippen LogP contribution in [0.2, 0.25) is 0 Å². The first kappa shape index (κ1) is 12.9. The van der Waals surface area contributed by atoms with Crippen LogP contribution in [0.5, 0.6) is 0 Å². The fraction of sp³-hybridized carbons (Fsp3) is 0.444. The maximum Gasteiger partial charge on any atom is 0.406 e. The van der Waals surface area contributed by atoms with E-state index in [1.54, 1.807) is 0 Å². The van der Waals surface area contributed by atoms with E-state index in [4.69, 9.17) is 16.0 Å². The smallest absolute Gasteiger partial charge is 0.406 e. The molecule has 1 aromatic heterocycles. The van der Waals surface area contributed by atoms with Crippen molar-refractivity contribution in [2.24, 2.45) is 0 Å². The zero-order valence-electron chi connectivity index (χ0n) is 8.13. The van der Waals surface area contributed by atoms with Gasteiger partial charge in [-0.3, -0.25) is 4.79 Å². The van der Waals surface area contributed by atoms with E-state index >= 15 is 0 Å². The van der Waals surface area contributed by atoms with Crippen molar-refractivity contribution in [3.05, 3.63) is 24.2 Å². The lowest BCUT2D eigenvalue weighted by atomic mass is 10.3. The molecule has 0 radical (unpaired) electrons. The van der Waals surface area contributed by atoms with Gasteiger partial charge in [0.1, 0.15) is 6.54 Å². The van der Waals surface area contributed by atoms with Crippen molar-refractivity contribution in [2.45, 2.75) is 6.18 Å². The molecule has 7 heteroatoms. The van der Waals surface area contributed by atoms with Crippen molar-refractivity contribution in [3.63, 3.8) is 0 Å². The summed E-state index contributed by atoms with van der Waals surface area (Å²) in [5, 5.41) is 0. The molecule has 0 bridgehead atoms. The topological polar surface area (TPSA) is 33.5 Å². The van der Waals surface area contributed by atoms with E-state index in [0.717, 1.165) is 0 Å². The van der Waals surface area contributed by atoms with Gasteiger partial charge in [0, 0.05) is 12.4 Å². The average molecular weight is 256 g/mol. The summed E-state index contributed by atoms with van der Waals surface area (Å²) < 4.78 is 41.2. The lowest BCUT2D eigenvalue weighted by Crippen LogP contribution is -2.40. The first-order valence-electron chi connectivity index (χ1n) is 4.39. The summed E-state index contributed by atoms with van der Waals surface area (Å²) in [6.45, 7) is -1.51. The van der Waals surface area contributed by atoms with Gasteiger partial charge in [0.25, 0.3) is 5.91 Å². The van der Waals surface area contributed by atoms with E-state index < -0.39 is 18.6 Å². The lowest BCUT2D eigenvalue weighted by Gasteiger charge is -2.21. The fourth-order valence-electron chi connectivity index (χ4n) is 1.13. The van der Waals surface area contributed by atoms with Crippen molar-refractivity contribution < 1.29 is 22.4 Å². The van der Waals surface area contributed by atoms with Gasteiger partial charge in [-0.05, 0) is 12.1 Å². The summed E-state index contributed by atoms with van der Waals surface area (Å²) in [5.74, 6) is -1.01. The van der Waals surface area contributed by atoms with Gasteiger partial charge >= 0.3 is 6.18 Å². The van der Waals surface area contributed by atoms with E-state index in [0.29, 0.717) is 4.90 Å². The van der Waals surface area contributed by atoms with Crippen LogP contribution in [-0.4, -0.2) is 36.0 Å². The van der Waals surface area contributed by atoms with Crippen LogP contribution < -0.4 is 0 Å². The molecule has 1 rings (SSSR count). The van der Waals surface area contributed by atoms with Gasteiger partial charge in [-0.15, -0.1) is 11.6 Å². The maximum atomic E-state index is 12.2. The van der Waals surface area contributed by atoms with E-state index in [2.05, 4.69) is 0 Å². The zero-order valence-corrected chi connectivity index (χ0v) is 8.88. The number of carbonyl (C=O) groups excluding carboxylic acids is 1. The molecule has 1 aromatic rings. The third-order valence-electron chi connectivity index (χ3n) is 1.74. The molecule has 0 aliphatic heterocycles. The highest BCUT2D eigenvalue weighted by Gasteiger charge is 2.33. The summed E-state index contributed by atoms with van der Waals surface area (Å²) >= 11 is 5.34. The number of halogens is 4. The normalized spacial score (nSPS) is 11.5. The molecule has 3 nitrogen and oxygen atoms in total. The molecule has 90 valence electrons. The molecule has 16 heavy (non-hydrogen) atoms. The minimum Gasteiger partial charge on any atom is -0.459 e. The van der Waals surface area contributed by atoms with Crippen LogP contribution in [0.25, 0.3) is 0 Å². The van der Waals surface area contributed by atoms with Crippen LogP contribution in [0.4, 0.5) is 13.2 Å². The van der Waals surface area contributed by atoms with Crippen LogP contribution in [0.15, 0.2) is 22.8 Å². The molecule has 0 unspecified atom stereocenters. The number of amides is 1. The first-order chi connectivity index (χ1) is 7.44. The molecular weight excluding hydrogens is 247 g/mol. The van der Waals surface area contributed by atoms with E-state index in [1.807, 2.05) is 0 Å². The summed E-state index contributed by atoms with van der Waals surface area (Å²) in [5.41, 5.74) is 0. The number of nitrogens with zero attached hydrogens (tertiary/aromatic N) is 1. The van der Waals surface area contributed by atoms with Crippen molar-refractivity contribution in [2.75, 3.05) is 19.0 Å². The van der Waals surface area contributed by atoms with E-state index in [9.17, 15) is 18.0 Å². The molecular formula is C9H9ClF3NO2. The van der Waals surface area contributed by atoms with Crippen LogP contribution >= 0.6 is 11.6 Å². The molecule has 0 aromatic carbocycles. The highest BCUT2D eigenvalue weighted by Crippen LogP contribution is 2.18. The van der Waals surface area contributed by atoms with E-state index in [-0.39, 0.29) is 18.2 Å². The predicted octanol–water partition coefficient (Wildman–Crippen LogP) is 2.52. The Labute approximate surface area is 94.8 Å². The Hall–Kier alpha value is -1.17. The monoisotopic (exact) mass is 255 g/mol. The quantitative estimate of drug-likeness (QED) is 0.775. The minimum absolute atomic E-state index is 0.0669. The summed E-state index contributed by atoms with van der Waals surface area (Å²) in [7, 11) is 0. The second-order valence-electron chi connectivity index (χ2n) is 3.01. The third-order valence-corrected chi connectivity index (χ3v) is 1.91. The second kappa shape index (κ2) is 5.25. The Bertz CT molecular complexity index is 337. The van der Waals surface area contributed by atoms with Crippen molar-refractivity contribution in [3.8, 4) is 0 Å². The molecule has 1 amide bonds. The lowest BCUT2D eigenvalue weighted by molar-refractivity contribution is -0.140. The first-order valence-corrected chi connectivity index (χ1v) is 4.93. The van der Waals surface area contributed by atoms with Gasteiger partial charge in [-0.1, -0.05) is 0 Å². The molecule has 0 saturated carbocycles. The number of alkyl halides is 4. The Morgan fingerprint density at radius 2 is 2.19 bits per heavy atom. The van der Waals surface area contributed by atoms with E-state index in [1.165, 1.54) is 18.4 Å². The van der Waals surface area contributed by atoms with Crippen LogP contribution in [0, 0.1) is 0 Å². The molecule has 0 N–H and O–H groups in total. The Kier molecular flexibility index (Phi) is 4.23. The number of furan rings is 1. The molecule has 0 fully saturated rings. The van der Waals surface area contributed by atoms with Gasteiger partial charge in [0.05, 0.1) is 6.26 Å². The van der Waals surface area contributed by atoms with Crippen LogP contribution in [-0.2, 0) is 0 Å². The summed E-state index contributed by atoms with van der Waals surface area (Å²) in [6, 6.07) is 2.74. The molecule has 0 spiro atoms. The van der Waals surface area contributed by atoms with Crippen LogP contribution in [0.1, 0.15) is 10.6 Å². The van der Waals surface area contributed by atoms with Gasteiger partial charge in [-0.2, -0.15) is 13.2 Å². The van der Waals surface area contributed by atoms with Gasteiger partial charge in [-0.25, -0.2) is 0 Å². The highest BCUT2D eigenvalue weighted by molar-refractivity contribution is 6.18. The van der Waals surface area contributed by atoms with Gasteiger partial charge < -0.3 is 9.32 Å². The average Bonchev–Trinajstić information content (AvgIpc) is 2.66.